The molecule has 1 spiro atoms. The Morgan fingerprint density at radius 3 is 2.36 bits per heavy atom. The highest BCUT2D eigenvalue weighted by molar-refractivity contribution is 4.92. The average molecular weight is 195 g/mol. The molecule has 82 valence electrons. The molecular weight excluding hydrogens is 170 g/mol. The number of hydrogen-bond acceptors (Lipinski definition) is 1. The van der Waals surface area contributed by atoms with Crippen molar-refractivity contribution in [2.24, 2.45) is 11.3 Å². The van der Waals surface area contributed by atoms with Crippen molar-refractivity contribution in [1.82, 2.24) is 4.90 Å². The summed E-state index contributed by atoms with van der Waals surface area (Å²) in [6.07, 6.45) is 8.97. The molecule has 2 rings (SSSR count). The predicted octanol–water partition coefficient (Wildman–Crippen LogP) is 3.30. The van der Waals surface area contributed by atoms with Crippen LogP contribution in [-0.2, 0) is 0 Å². The lowest BCUT2D eigenvalue weighted by atomic mass is 9.76. The van der Waals surface area contributed by atoms with Gasteiger partial charge in [-0.1, -0.05) is 20.3 Å². The van der Waals surface area contributed by atoms with Crippen molar-refractivity contribution in [1.29, 1.82) is 0 Å². The molecule has 0 aromatic carbocycles. The van der Waals surface area contributed by atoms with Gasteiger partial charge in [0, 0.05) is 0 Å². The molecule has 1 aliphatic carbocycles. The van der Waals surface area contributed by atoms with Gasteiger partial charge >= 0.3 is 0 Å². The molecule has 0 radical (unpaired) electrons. The van der Waals surface area contributed by atoms with E-state index in [-0.39, 0.29) is 0 Å². The summed E-state index contributed by atoms with van der Waals surface area (Å²) >= 11 is 0. The third-order valence-corrected chi connectivity index (χ3v) is 4.75. The molecule has 1 saturated carbocycles. The first kappa shape index (κ1) is 10.5. The standard InChI is InChI=1S/C13H25N/c1-3-12-5-6-13(11-12)7-9-14(4-2)10-8-13/h12H,3-11H2,1-2H3. The van der Waals surface area contributed by atoms with Crippen molar-refractivity contribution >= 4 is 0 Å². The number of nitrogens with zero attached hydrogens (tertiary/aromatic N) is 1. The number of piperidine rings is 1. The van der Waals surface area contributed by atoms with Crippen LogP contribution in [0.5, 0.6) is 0 Å². The zero-order valence-electron chi connectivity index (χ0n) is 9.89. The van der Waals surface area contributed by atoms with Gasteiger partial charge in [-0.15, -0.1) is 0 Å². The van der Waals surface area contributed by atoms with Gasteiger partial charge in [0.1, 0.15) is 0 Å². The van der Waals surface area contributed by atoms with Gasteiger partial charge in [-0.3, -0.25) is 0 Å². The van der Waals surface area contributed by atoms with Crippen LogP contribution in [0.4, 0.5) is 0 Å². The first-order chi connectivity index (χ1) is 6.78. The lowest BCUT2D eigenvalue weighted by Gasteiger charge is -2.39. The summed E-state index contributed by atoms with van der Waals surface area (Å²) in [5.74, 6) is 1.06. The lowest BCUT2D eigenvalue weighted by Crippen LogP contribution is -2.38. The highest BCUT2D eigenvalue weighted by atomic mass is 15.1. The molecule has 0 N–H and O–H groups in total. The molecule has 0 aromatic rings. The minimum atomic E-state index is 0.784. The Hall–Kier alpha value is -0.0400. The molecule has 14 heavy (non-hydrogen) atoms. The molecular formula is C13H25N. The molecule has 1 aliphatic heterocycles. The fourth-order valence-electron chi connectivity index (χ4n) is 3.47. The largest absolute Gasteiger partial charge is 0.304 e. The number of hydrogen-bond donors (Lipinski definition) is 0. The van der Waals surface area contributed by atoms with E-state index in [9.17, 15) is 0 Å². The quantitative estimate of drug-likeness (QED) is 0.653. The summed E-state index contributed by atoms with van der Waals surface area (Å²) in [7, 11) is 0. The van der Waals surface area contributed by atoms with Gasteiger partial charge in [-0.2, -0.15) is 0 Å². The second-order valence-electron chi connectivity index (χ2n) is 5.45. The summed E-state index contributed by atoms with van der Waals surface area (Å²) in [5, 5.41) is 0. The van der Waals surface area contributed by atoms with E-state index in [0.717, 1.165) is 11.3 Å². The maximum absolute atomic E-state index is 2.62. The van der Waals surface area contributed by atoms with Crippen LogP contribution >= 0.6 is 0 Å². The van der Waals surface area contributed by atoms with Gasteiger partial charge in [0.2, 0.25) is 0 Å². The Bertz CT molecular complexity index is 180. The van der Waals surface area contributed by atoms with Gasteiger partial charge in [0.05, 0.1) is 0 Å². The zero-order valence-corrected chi connectivity index (χ0v) is 9.89. The fourth-order valence-corrected chi connectivity index (χ4v) is 3.47. The van der Waals surface area contributed by atoms with Crippen LogP contribution in [0.15, 0.2) is 0 Å². The molecule has 1 saturated heterocycles. The van der Waals surface area contributed by atoms with Crippen LogP contribution in [0.2, 0.25) is 0 Å². The Labute approximate surface area is 88.9 Å². The average Bonchev–Trinajstić information content (AvgIpc) is 2.63. The lowest BCUT2D eigenvalue weighted by molar-refractivity contribution is 0.109. The fraction of sp³-hybridized carbons (Fsp3) is 1.00. The third-order valence-electron chi connectivity index (χ3n) is 4.75. The molecule has 2 fully saturated rings. The second kappa shape index (κ2) is 4.22. The second-order valence-corrected chi connectivity index (χ2v) is 5.45. The molecule has 1 unspecified atom stereocenters. The van der Waals surface area contributed by atoms with Crippen LogP contribution in [0, 0.1) is 11.3 Å². The van der Waals surface area contributed by atoms with Crippen LogP contribution in [0.3, 0.4) is 0 Å². The molecule has 1 atom stereocenters. The van der Waals surface area contributed by atoms with Gasteiger partial charge in [0.15, 0.2) is 0 Å². The van der Waals surface area contributed by atoms with Crippen LogP contribution in [-0.4, -0.2) is 24.5 Å². The molecule has 1 heterocycles. The summed E-state index contributed by atoms with van der Waals surface area (Å²) in [5.41, 5.74) is 0.784. The molecule has 2 aliphatic rings. The van der Waals surface area contributed by atoms with Crippen molar-refractivity contribution in [2.75, 3.05) is 19.6 Å². The number of likely N-dealkylation sites (tertiary alicyclic amines) is 1. The summed E-state index contributed by atoms with van der Waals surface area (Å²) in [4.78, 5) is 2.62. The maximum Gasteiger partial charge on any atom is -0.00135 e. The molecule has 1 heteroatoms. The highest BCUT2D eigenvalue weighted by Gasteiger charge is 2.40. The Morgan fingerprint density at radius 2 is 1.86 bits per heavy atom. The first-order valence-electron chi connectivity index (χ1n) is 6.50. The predicted molar refractivity (Wildman–Crippen MR) is 61.4 cm³/mol. The maximum atomic E-state index is 2.62. The minimum Gasteiger partial charge on any atom is -0.304 e. The SMILES string of the molecule is CCC1CCC2(CCN(CC)CC2)C1. The van der Waals surface area contributed by atoms with Crippen molar-refractivity contribution in [3.05, 3.63) is 0 Å². The van der Waals surface area contributed by atoms with Crippen molar-refractivity contribution in [2.45, 2.75) is 52.4 Å². The van der Waals surface area contributed by atoms with Gasteiger partial charge in [-0.05, 0) is 63.1 Å². The first-order valence-corrected chi connectivity index (χ1v) is 6.50. The van der Waals surface area contributed by atoms with Crippen LogP contribution in [0.25, 0.3) is 0 Å². The van der Waals surface area contributed by atoms with Crippen LogP contribution in [0.1, 0.15) is 52.4 Å². The summed E-state index contributed by atoms with van der Waals surface area (Å²) < 4.78 is 0. The van der Waals surface area contributed by atoms with Crippen LogP contribution < -0.4 is 0 Å². The third kappa shape index (κ3) is 1.98. The van der Waals surface area contributed by atoms with E-state index in [4.69, 9.17) is 0 Å². The van der Waals surface area contributed by atoms with Gasteiger partial charge in [-0.25, -0.2) is 0 Å². The van der Waals surface area contributed by atoms with E-state index in [2.05, 4.69) is 18.7 Å². The smallest absolute Gasteiger partial charge is 0.00135 e. The molecule has 1 nitrogen and oxygen atoms in total. The van der Waals surface area contributed by atoms with E-state index in [1.165, 1.54) is 51.7 Å². The van der Waals surface area contributed by atoms with E-state index < -0.39 is 0 Å². The van der Waals surface area contributed by atoms with Gasteiger partial charge < -0.3 is 4.90 Å². The van der Waals surface area contributed by atoms with Crippen molar-refractivity contribution < 1.29 is 0 Å². The van der Waals surface area contributed by atoms with Crippen molar-refractivity contribution in [3.8, 4) is 0 Å². The van der Waals surface area contributed by atoms with E-state index in [1.54, 1.807) is 6.42 Å². The zero-order chi connectivity index (χ0) is 10.0. The van der Waals surface area contributed by atoms with E-state index in [1.807, 2.05) is 0 Å². The molecule has 0 bridgehead atoms. The Kier molecular flexibility index (Phi) is 3.16. The van der Waals surface area contributed by atoms with E-state index in [0.29, 0.717) is 0 Å². The monoisotopic (exact) mass is 195 g/mol. The van der Waals surface area contributed by atoms with E-state index >= 15 is 0 Å². The normalized spacial score (nSPS) is 32.6. The Morgan fingerprint density at radius 1 is 1.14 bits per heavy atom. The minimum absolute atomic E-state index is 0.784. The summed E-state index contributed by atoms with van der Waals surface area (Å²) in [6, 6.07) is 0. The molecule has 0 aromatic heterocycles. The summed E-state index contributed by atoms with van der Waals surface area (Å²) in [6.45, 7) is 8.65. The topological polar surface area (TPSA) is 3.24 Å². The molecule has 0 amide bonds. The van der Waals surface area contributed by atoms with Gasteiger partial charge in [0.25, 0.3) is 0 Å². The van der Waals surface area contributed by atoms with Crippen molar-refractivity contribution in [3.63, 3.8) is 0 Å². The number of rotatable bonds is 2. The highest BCUT2D eigenvalue weighted by Crippen LogP contribution is 2.49. The Balaban J connectivity index is 1.87.